The second-order valence-electron chi connectivity index (χ2n) is 3.33. The van der Waals surface area contributed by atoms with Gasteiger partial charge in [-0.05, 0) is 23.6 Å². The number of hydrogen-bond acceptors (Lipinski definition) is 3. The maximum absolute atomic E-state index is 3.03. The van der Waals surface area contributed by atoms with Crippen molar-refractivity contribution in [1.29, 1.82) is 0 Å². The molecule has 1 aromatic rings. The Labute approximate surface area is 72.1 Å². The monoisotopic (exact) mass is 163 g/mol. The second-order valence-corrected chi connectivity index (χ2v) is 3.33. The fourth-order valence-electron chi connectivity index (χ4n) is 1.30. The molecule has 0 radical (unpaired) electrons. The quantitative estimate of drug-likeness (QED) is 0.593. The molecule has 0 amide bonds. The van der Waals surface area contributed by atoms with Gasteiger partial charge in [-0.15, -0.1) is 5.53 Å². The Hall–Kier alpha value is -1.22. The molecule has 1 aromatic carbocycles. The zero-order valence-electron chi connectivity index (χ0n) is 7.31. The normalized spacial score (nSPS) is 13.9. The van der Waals surface area contributed by atoms with E-state index in [1.54, 1.807) is 0 Å². The SMILES string of the molecule is CC(C)c1ccc2c(c1)NNN2. The molecule has 2 rings (SSSR count). The third-order valence-electron chi connectivity index (χ3n) is 2.10. The first-order valence-electron chi connectivity index (χ1n) is 4.18. The van der Waals surface area contributed by atoms with Crippen LogP contribution in [-0.2, 0) is 0 Å². The molecule has 3 N–H and O–H groups in total. The molecule has 0 saturated carbocycles. The van der Waals surface area contributed by atoms with Gasteiger partial charge in [0.1, 0.15) is 0 Å². The summed E-state index contributed by atoms with van der Waals surface area (Å²) >= 11 is 0. The predicted molar refractivity (Wildman–Crippen MR) is 50.9 cm³/mol. The fraction of sp³-hybridized carbons (Fsp3) is 0.333. The average Bonchev–Trinajstić information content (AvgIpc) is 2.49. The topological polar surface area (TPSA) is 36.1 Å². The molecule has 1 aliphatic heterocycles. The summed E-state index contributed by atoms with van der Waals surface area (Å²) in [5.74, 6) is 0.581. The van der Waals surface area contributed by atoms with Crippen molar-refractivity contribution in [2.24, 2.45) is 0 Å². The highest BCUT2D eigenvalue weighted by Gasteiger charge is 2.09. The van der Waals surface area contributed by atoms with Crippen molar-refractivity contribution in [1.82, 2.24) is 5.53 Å². The molecular weight excluding hydrogens is 150 g/mol. The summed E-state index contributed by atoms with van der Waals surface area (Å²) in [7, 11) is 0. The van der Waals surface area contributed by atoms with Crippen LogP contribution in [0.5, 0.6) is 0 Å². The average molecular weight is 163 g/mol. The molecule has 1 heterocycles. The minimum atomic E-state index is 0.581. The molecule has 64 valence electrons. The van der Waals surface area contributed by atoms with E-state index in [9.17, 15) is 0 Å². The van der Waals surface area contributed by atoms with Crippen molar-refractivity contribution in [3.8, 4) is 0 Å². The van der Waals surface area contributed by atoms with Crippen LogP contribution in [0.4, 0.5) is 11.4 Å². The Morgan fingerprint density at radius 3 is 2.58 bits per heavy atom. The minimum absolute atomic E-state index is 0.581. The number of nitrogens with one attached hydrogen (secondary N) is 3. The largest absolute Gasteiger partial charge is 0.302 e. The van der Waals surface area contributed by atoms with Crippen LogP contribution in [0.15, 0.2) is 18.2 Å². The molecule has 12 heavy (non-hydrogen) atoms. The molecule has 0 fully saturated rings. The molecule has 0 aromatic heterocycles. The molecule has 0 atom stereocenters. The minimum Gasteiger partial charge on any atom is -0.302 e. The lowest BCUT2D eigenvalue weighted by Crippen LogP contribution is -2.19. The van der Waals surface area contributed by atoms with E-state index < -0.39 is 0 Å². The summed E-state index contributed by atoms with van der Waals surface area (Å²) in [5.41, 5.74) is 12.5. The first-order chi connectivity index (χ1) is 5.77. The van der Waals surface area contributed by atoms with Gasteiger partial charge in [-0.2, -0.15) is 0 Å². The number of anilines is 2. The van der Waals surface area contributed by atoms with Crippen LogP contribution in [-0.4, -0.2) is 0 Å². The Balaban J connectivity index is 2.39. The van der Waals surface area contributed by atoms with Gasteiger partial charge in [0.15, 0.2) is 0 Å². The molecule has 3 nitrogen and oxygen atoms in total. The van der Waals surface area contributed by atoms with Crippen LogP contribution in [0.2, 0.25) is 0 Å². The van der Waals surface area contributed by atoms with Crippen molar-refractivity contribution < 1.29 is 0 Å². The van der Waals surface area contributed by atoms with Gasteiger partial charge in [-0.25, -0.2) is 0 Å². The summed E-state index contributed by atoms with van der Waals surface area (Å²) in [6.45, 7) is 4.38. The maximum atomic E-state index is 3.03. The Kier molecular flexibility index (Phi) is 1.66. The van der Waals surface area contributed by atoms with Gasteiger partial charge in [0.25, 0.3) is 0 Å². The van der Waals surface area contributed by atoms with E-state index in [-0.39, 0.29) is 0 Å². The van der Waals surface area contributed by atoms with Crippen LogP contribution in [0.1, 0.15) is 25.3 Å². The van der Waals surface area contributed by atoms with Gasteiger partial charge in [-0.1, -0.05) is 19.9 Å². The van der Waals surface area contributed by atoms with Crippen molar-refractivity contribution in [3.63, 3.8) is 0 Å². The number of hydrogen-bond donors (Lipinski definition) is 3. The number of benzene rings is 1. The van der Waals surface area contributed by atoms with E-state index in [0.717, 1.165) is 11.4 Å². The zero-order valence-corrected chi connectivity index (χ0v) is 7.31. The summed E-state index contributed by atoms with van der Waals surface area (Å²) in [6, 6.07) is 6.38. The lowest BCUT2D eigenvalue weighted by molar-refractivity contribution is 0.867. The van der Waals surface area contributed by atoms with Crippen molar-refractivity contribution in [2.45, 2.75) is 19.8 Å². The highest BCUT2D eigenvalue weighted by atomic mass is 15.6. The Morgan fingerprint density at radius 1 is 1.08 bits per heavy atom. The van der Waals surface area contributed by atoms with E-state index in [4.69, 9.17) is 0 Å². The smallest absolute Gasteiger partial charge is 0.0753 e. The van der Waals surface area contributed by atoms with E-state index in [1.165, 1.54) is 5.56 Å². The number of rotatable bonds is 1. The van der Waals surface area contributed by atoms with Gasteiger partial charge in [-0.3, -0.25) is 0 Å². The lowest BCUT2D eigenvalue weighted by atomic mass is 10.0. The van der Waals surface area contributed by atoms with Crippen LogP contribution < -0.4 is 16.4 Å². The Morgan fingerprint density at radius 2 is 1.83 bits per heavy atom. The lowest BCUT2D eigenvalue weighted by Gasteiger charge is -2.06. The second kappa shape index (κ2) is 2.68. The highest BCUT2D eigenvalue weighted by molar-refractivity contribution is 5.72. The van der Waals surface area contributed by atoms with Crippen molar-refractivity contribution in [2.75, 3.05) is 10.9 Å². The number of fused-ring (bicyclic) bond motifs is 1. The number of hydrazine groups is 2. The van der Waals surface area contributed by atoms with Gasteiger partial charge >= 0.3 is 0 Å². The van der Waals surface area contributed by atoms with Crippen LogP contribution >= 0.6 is 0 Å². The van der Waals surface area contributed by atoms with Crippen LogP contribution in [0, 0.1) is 0 Å². The first kappa shape index (κ1) is 7.43. The zero-order chi connectivity index (χ0) is 8.55. The van der Waals surface area contributed by atoms with E-state index >= 15 is 0 Å². The van der Waals surface area contributed by atoms with E-state index in [2.05, 4.69) is 48.4 Å². The molecular formula is C9H13N3. The van der Waals surface area contributed by atoms with E-state index in [0.29, 0.717) is 5.92 Å². The molecule has 3 heteroatoms. The third-order valence-corrected chi connectivity index (χ3v) is 2.10. The fourth-order valence-corrected chi connectivity index (χ4v) is 1.30. The van der Waals surface area contributed by atoms with Gasteiger partial charge in [0, 0.05) is 0 Å². The summed E-state index contributed by atoms with van der Waals surface area (Å²) < 4.78 is 0. The van der Waals surface area contributed by atoms with Gasteiger partial charge in [0.05, 0.1) is 11.4 Å². The van der Waals surface area contributed by atoms with Crippen LogP contribution in [0.25, 0.3) is 0 Å². The van der Waals surface area contributed by atoms with Crippen molar-refractivity contribution >= 4 is 11.4 Å². The Bertz CT molecular complexity index is 294. The summed E-state index contributed by atoms with van der Waals surface area (Å²) in [6.07, 6.45) is 0. The standard InChI is InChI=1S/C9H13N3/c1-6(2)7-3-4-8-9(5-7)11-12-10-8/h3-6,10-12H,1-2H3. The highest BCUT2D eigenvalue weighted by Crippen LogP contribution is 2.27. The molecule has 0 aliphatic carbocycles. The first-order valence-corrected chi connectivity index (χ1v) is 4.18. The predicted octanol–water partition coefficient (Wildman–Crippen LogP) is 2.07. The van der Waals surface area contributed by atoms with Gasteiger partial charge < -0.3 is 10.9 Å². The molecule has 1 aliphatic rings. The van der Waals surface area contributed by atoms with Crippen molar-refractivity contribution in [3.05, 3.63) is 23.8 Å². The molecule has 0 bridgehead atoms. The maximum Gasteiger partial charge on any atom is 0.0753 e. The summed E-state index contributed by atoms with van der Waals surface area (Å²) in [4.78, 5) is 0. The third kappa shape index (κ3) is 1.12. The molecule has 0 unspecified atom stereocenters. The van der Waals surface area contributed by atoms with E-state index in [1.807, 2.05) is 0 Å². The molecule has 0 spiro atoms. The van der Waals surface area contributed by atoms with Crippen LogP contribution in [0.3, 0.4) is 0 Å². The molecule has 0 saturated heterocycles. The van der Waals surface area contributed by atoms with Gasteiger partial charge in [0.2, 0.25) is 0 Å². The summed E-state index contributed by atoms with van der Waals surface area (Å²) in [5, 5.41) is 0.